The summed E-state index contributed by atoms with van der Waals surface area (Å²) in [6.07, 6.45) is 0. The largest absolute Gasteiger partial charge is 0.374 e. The minimum atomic E-state index is 0.414. The summed E-state index contributed by atoms with van der Waals surface area (Å²) in [5.41, 5.74) is 0. The number of rotatable bonds is 6. The van der Waals surface area contributed by atoms with Crippen molar-refractivity contribution in [2.45, 2.75) is 40.0 Å². The van der Waals surface area contributed by atoms with Gasteiger partial charge in [-0.25, -0.2) is 0 Å². The number of nitrogens with zero attached hydrogens (tertiary/aromatic N) is 2. The van der Waals surface area contributed by atoms with Crippen molar-refractivity contribution < 1.29 is 9.26 Å². The SMILES string of the molecule is CCOCc1noc(CNC(C)C)n1. The first-order valence-corrected chi connectivity index (χ1v) is 4.85. The van der Waals surface area contributed by atoms with Gasteiger partial charge in [0.1, 0.15) is 6.61 Å². The average Bonchev–Trinajstić information content (AvgIpc) is 2.59. The van der Waals surface area contributed by atoms with E-state index in [4.69, 9.17) is 9.26 Å². The number of hydrogen-bond acceptors (Lipinski definition) is 5. The first-order valence-electron chi connectivity index (χ1n) is 4.85. The van der Waals surface area contributed by atoms with Crippen molar-refractivity contribution in [3.8, 4) is 0 Å². The van der Waals surface area contributed by atoms with Crippen LogP contribution in [0.3, 0.4) is 0 Å². The zero-order valence-corrected chi connectivity index (χ0v) is 8.91. The zero-order valence-electron chi connectivity index (χ0n) is 8.91. The van der Waals surface area contributed by atoms with Gasteiger partial charge in [0.25, 0.3) is 0 Å². The maximum absolute atomic E-state index is 5.15. The van der Waals surface area contributed by atoms with Crippen LogP contribution < -0.4 is 5.32 Å². The third-order valence-electron chi connectivity index (χ3n) is 1.61. The number of hydrogen-bond donors (Lipinski definition) is 1. The van der Waals surface area contributed by atoms with E-state index in [0.29, 0.717) is 37.5 Å². The molecule has 0 aliphatic heterocycles. The Morgan fingerprint density at radius 3 is 2.93 bits per heavy atom. The molecule has 0 aliphatic carbocycles. The molecule has 0 aromatic carbocycles. The van der Waals surface area contributed by atoms with E-state index in [0.717, 1.165) is 0 Å². The average molecular weight is 199 g/mol. The molecule has 1 heterocycles. The third kappa shape index (κ3) is 3.85. The van der Waals surface area contributed by atoms with Crippen molar-refractivity contribution >= 4 is 0 Å². The second kappa shape index (κ2) is 5.72. The van der Waals surface area contributed by atoms with Crippen LogP contribution in [0.1, 0.15) is 32.5 Å². The molecule has 14 heavy (non-hydrogen) atoms. The summed E-state index contributed by atoms with van der Waals surface area (Å²) in [5, 5.41) is 6.97. The first-order chi connectivity index (χ1) is 6.72. The number of nitrogens with one attached hydrogen (secondary N) is 1. The van der Waals surface area contributed by atoms with E-state index in [-0.39, 0.29) is 0 Å². The second-order valence-electron chi connectivity index (χ2n) is 3.28. The molecule has 0 bridgehead atoms. The molecule has 1 rings (SSSR count). The number of aromatic nitrogens is 2. The van der Waals surface area contributed by atoms with Crippen molar-refractivity contribution in [1.29, 1.82) is 0 Å². The van der Waals surface area contributed by atoms with Gasteiger partial charge in [-0.2, -0.15) is 4.98 Å². The maximum atomic E-state index is 5.15. The van der Waals surface area contributed by atoms with Gasteiger partial charge in [-0.1, -0.05) is 19.0 Å². The fraction of sp³-hybridized carbons (Fsp3) is 0.778. The lowest BCUT2D eigenvalue weighted by molar-refractivity contribution is 0.126. The summed E-state index contributed by atoms with van der Waals surface area (Å²) in [6, 6.07) is 0.414. The summed E-state index contributed by atoms with van der Waals surface area (Å²) in [7, 11) is 0. The normalized spacial score (nSPS) is 11.1. The van der Waals surface area contributed by atoms with Gasteiger partial charge in [0.15, 0.2) is 5.82 Å². The van der Waals surface area contributed by atoms with Gasteiger partial charge in [0.2, 0.25) is 5.89 Å². The quantitative estimate of drug-likeness (QED) is 0.743. The molecular formula is C9H17N3O2. The van der Waals surface area contributed by atoms with Crippen molar-refractivity contribution in [2.75, 3.05) is 6.61 Å². The Hall–Kier alpha value is -0.940. The Morgan fingerprint density at radius 2 is 2.29 bits per heavy atom. The van der Waals surface area contributed by atoms with Crippen LogP contribution in [0.15, 0.2) is 4.52 Å². The highest BCUT2D eigenvalue weighted by atomic mass is 16.5. The first kappa shape index (κ1) is 11.1. The van der Waals surface area contributed by atoms with Gasteiger partial charge in [-0.3, -0.25) is 0 Å². The van der Waals surface area contributed by atoms with E-state index < -0.39 is 0 Å². The summed E-state index contributed by atoms with van der Waals surface area (Å²) in [4.78, 5) is 4.15. The highest BCUT2D eigenvalue weighted by molar-refractivity contribution is 4.84. The van der Waals surface area contributed by atoms with Gasteiger partial charge >= 0.3 is 0 Å². The molecule has 5 nitrogen and oxygen atoms in total. The van der Waals surface area contributed by atoms with Crippen LogP contribution in [-0.2, 0) is 17.9 Å². The predicted octanol–water partition coefficient (Wildman–Crippen LogP) is 1.10. The van der Waals surface area contributed by atoms with Crippen LogP contribution in [0.4, 0.5) is 0 Å². The summed E-state index contributed by atoms with van der Waals surface area (Å²) in [6.45, 7) is 7.75. The van der Waals surface area contributed by atoms with Crippen molar-refractivity contribution in [3.63, 3.8) is 0 Å². The lowest BCUT2D eigenvalue weighted by Crippen LogP contribution is -2.21. The summed E-state index contributed by atoms with van der Waals surface area (Å²) < 4.78 is 10.2. The highest BCUT2D eigenvalue weighted by Gasteiger charge is 2.05. The molecule has 0 spiro atoms. The zero-order chi connectivity index (χ0) is 10.4. The minimum absolute atomic E-state index is 0.414. The Balaban J connectivity index is 2.35. The fourth-order valence-electron chi connectivity index (χ4n) is 0.905. The highest BCUT2D eigenvalue weighted by Crippen LogP contribution is 1.99. The molecule has 0 aliphatic rings. The number of ether oxygens (including phenoxy) is 1. The Bertz CT molecular complexity index is 260. The van der Waals surface area contributed by atoms with E-state index in [1.165, 1.54) is 0 Å². The van der Waals surface area contributed by atoms with Crippen LogP contribution in [0.5, 0.6) is 0 Å². The predicted molar refractivity (Wildman–Crippen MR) is 51.6 cm³/mol. The fourth-order valence-corrected chi connectivity index (χ4v) is 0.905. The molecule has 0 fully saturated rings. The molecule has 0 atom stereocenters. The summed E-state index contributed by atoms with van der Waals surface area (Å²) >= 11 is 0. The van der Waals surface area contributed by atoms with Crippen molar-refractivity contribution in [2.24, 2.45) is 0 Å². The minimum Gasteiger partial charge on any atom is -0.374 e. The van der Waals surface area contributed by atoms with E-state index in [9.17, 15) is 0 Å². The van der Waals surface area contributed by atoms with Crippen LogP contribution in [0.25, 0.3) is 0 Å². The molecule has 1 aromatic heterocycles. The van der Waals surface area contributed by atoms with Crippen molar-refractivity contribution in [1.82, 2.24) is 15.5 Å². The molecule has 1 N–H and O–H groups in total. The van der Waals surface area contributed by atoms with E-state index >= 15 is 0 Å². The maximum Gasteiger partial charge on any atom is 0.240 e. The molecule has 1 aromatic rings. The van der Waals surface area contributed by atoms with E-state index in [1.807, 2.05) is 6.92 Å². The second-order valence-corrected chi connectivity index (χ2v) is 3.28. The van der Waals surface area contributed by atoms with Crippen LogP contribution in [0.2, 0.25) is 0 Å². The molecular weight excluding hydrogens is 182 g/mol. The standard InChI is InChI=1S/C9H17N3O2/c1-4-13-6-8-11-9(14-12-8)5-10-7(2)3/h7,10H,4-6H2,1-3H3. The Kier molecular flexibility index (Phi) is 4.55. The van der Waals surface area contributed by atoms with Crippen LogP contribution in [0, 0.1) is 0 Å². The molecule has 0 amide bonds. The smallest absolute Gasteiger partial charge is 0.240 e. The van der Waals surface area contributed by atoms with Gasteiger partial charge < -0.3 is 14.6 Å². The molecule has 0 radical (unpaired) electrons. The Morgan fingerprint density at radius 1 is 1.50 bits per heavy atom. The van der Waals surface area contributed by atoms with Gasteiger partial charge in [-0.05, 0) is 6.92 Å². The van der Waals surface area contributed by atoms with Gasteiger partial charge in [0.05, 0.1) is 6.54 Å². The molecule has 80 valence electrons. The lowest BCUT2D eigenvalue weighted by atomic mass is 10.4. The lowest BCUT2D eigenvalue weighted by Gasteiger charge is -2.02. The summed E-state index contributed by atoms with van der Waals surface area (Å²) in [5.74, 6) is 1.21. The molecule has 0 saturated heterocycles. The Labute approximate surface area is 83.8 Å². The monoisotopic (exact) mass is 199 g/mol. The van der Waals surface area contributed by atoms with Crippen molar-refractivity contribution in [3.05, 3.63) is 11.7 Å². The van der Waals surface area contributed by atoms with E-state index in [1.54, 1.807) is 0 Å². The molecule has 5 heteroatoms. The molecule has 0 saturated carbocycles. The van der Waals surface area contributed by atoms with E-state index in [2.05, 4.69) is 29.3 Å². The van der Waals surface area contributed by atoms with Crippen LogP contribution in [-0.4, -0.2) is 22.8 Å². The third-order valence-corrected chi connectivity index (χ3v) is 1.61. The molecule has 0 unspecified atom stereocenters. The van der Waals surface area contributed by atoms with Crippen LogP contribution >= 0.6 is 0 Å². The van der Waals surface area contributed by atoms with Gasteiger partial charge in [0, 0.05) is 12.6 Å². The van der Waals surface area contributed by atoms with Gasteiger partial charge in [-0.15, -0.1) is 0 Å². The topological polar surface area (TPSA) is 60.2 Å².